The molecular formula is C24H33NOS. The van der Waals surface area contributed by atoms with E-state index >= 15 is 0 Å². The first-order valence-electron chi connectivity index (χ1n) is 9.08. The number of allylic oxidation sites excluding steroid dienone is 1. The minimum Gasteiger partial charge on any atom is -0.383 e. The molecule has 0 aliphatic rings. The molecule has 0 aliphatic heterocycles. The lowest BCUT2D eigenvalue weighted by Crippen LogP contribution is -2.09. The Hall–Kier alpha value is -2.26. The van der Waals surface area contributed by atoms with Crippen LogP contribution in [0.2, 0.25) is 0 Å². The minimum atomic E-state index is 0.370. The lowest BCUT2D eigenvalue weighted by atomic mass is 9.94. The van der Waals surface area contributed by atoms with Gasteiger partial charge in [0.25, 0.3) is 0 Å². The van der Waals surface area contributed by atoms with Crippen molar-refractivity contribution in [2.45, 2.75) is 47.5 Å². The number of aldehydes is 1. The predicted molar refractivity (Wildman–Crippen MR) is 124 cm³/mol. The van der Waals surface area contributed by atoms with Gasteiger partial charge in [-0.15, -0.1) is 0 Å². The van der Waals surface area contributed by atoms with Crippen molar-refractivity contribution in [2.75, 3.05) is 7.05 Å². The SMILES string of the molecule is C=C(C)c1ccc(C=O)c(C(C)C)c1.CNC(C)=S.Cc1ccc(C)cc1. The molecule has 0 unspecified atom stereocenters. The second-order valence-electron chi connectivity index (χ2n) is 6.86. The van der Waals surface area contributed by atoms with Crippen molar-refractivity contribution in [1.82, 2.24) is 5.32 Å². The summed E-state index contributed by atoms with van der Waals surface area (Å²) in [5, 5.41) is 2.76. The van der Waals surface area contributed by atoms with Crippen LogP contribution in [0, 0.1) is 13.8 Å². The van der Waals surface area contributed by atoms with Crippen LogP contribution in [0.5, 0.6) is 0 Å². The molecule has 0 aliphatic carbocycles. The van der Waals surface area contributed by atoms with Crippen LogP contribution in [-0.2, 0) is 0 Å². The number of benzene rings is 2. The van der Waals surface area contributed by atoms with Crippen LogP contribution in [-0.4, -0.2) is 18.3 Å². The molecular weight excluding hydrogens is 350 g/mol. The maximum absolute atomic E-state index is 10.8. The molecule has 2 rings (SSSR count). The summed E-state index contributed by atoms with van der Waals surface area (Å²) in [7, 11) is 1.81. The van der Waals surface area contributed by atoms with Crippen LogP contribution in [0.25, 0.3) is 5.57 Å². The number of carbonyl (C=O) groups is 1. The van der Waals surface area contributed by atoms with Gasteiger partial charge in [0.2, 0.25) is 0 Å². The zero-order valence-corrected chi connectivity index (χ0v) is 18.5. The van der Waals surface area contributed by atoms with Gasteiger partial charge in [-0.1, -0.05) is 91.8 Å². The molecule has 0 radical (unpaired) electrons. The molecule has 0 saturated carbocycles. The van der Waals surface area contributed by atoms with Crippen molar-refractivity contribution in [2.24, 2.45) is 0 Å². The van der Waals surface area contributed by atoms with E-state index in [0.717, 1.165) is 33.5 Å². The predicted octanol–water partition coefficient (Wildman–Crippen LogP) is 6.51. The van der Waals surface area contributed by atoms with Gasteiger partial charge in [0, 0.05) is 12.6 Å². The van der Waals surface area contributed by atoms with Crippen molar-refractivity contribution in [3.8, 4) is 0 Å². The molecule has 0 amide bonds. The molecule has 0 aromatic heterocycles. The first kappa shape index (κ1) is 24.7. The number of nitrogens with one attached hydrogen (secondary N) is 1. The van der Waals surface area contributed by atoms with Gasteiger partial charge in [-0.3, -0.25) is 4.79 Å². The molecule has 0 fully saturated rings. The van der Waals surface area contributed by atoms with Gasteiger partial charge in [0.1, 0.15) is 6.29 Å². The minimum absolute atomic E-state index is 0.370. The summed E-state index contributed by atoms with van der Waals surface area (Å²) < 4.78 is 0. The molecule has 27 heavy (non-hydrogen) atoms. The summed E-state index contributed by atoms with van der Waals surface area (Å²) in [6, 6.07) is 14.3. The Balaban J connectivity index is 0.000000437. The Labute approximate surface area is 170 Å². The van der Waals surface area contributed by atoms with E-state index < -0.39 is 0 Å². The fourth-order valence-corrected chi connectivity index (χ4v) is 2.08. The third kappa shape index (κ3) is 10.5. The van der Waals surface area contributed by atoms with E-state index in [2.05, 4.69) is 82.1 Å². The summed E-state index contributed by atoms with van der Waals surface area (Å²) in [4.78, 5) is 11.6. The van der Waals surface area contributed by atoms with E-state index in [-0.39, 0.29) is 0 Å². The fraction of sp³-hybridized carbons (Fsp3) is 0.333. The van der Waals surface area contributed by atoms with Crippen molar-refractivity contribution >= 4 is 29.1 Å². The number of hydrogen-bond donors (Lipinski definition) is 1. The van der Waals surface area contributed by atoms with Gasteiger partial charge in [0.15, 0.2) is 0 Å². The van der Waals surface area contributed by atoms with Crippen molar-refractivity contribution < 1.29 is 4.79 Å². The molecule has 0 atom stereocenters. The van der Waals surface area contributed by atoms with E-state index in [1.54, 1.807) is 0 Å². The largest absolute Gasteiger partial charge is 0.383 e. The summed E-state index contributed by atoms with van der Waals surface area (Å²) in [5.74, 6) is 0.370. The van der Waals surface area contributed by atoms with E-state index in [1.165, 1.54) is 11.1 Å². The molecule has 2 nitrogen and oxygen atoms in total. The van der Waals surface area contributed by atoms with Crippen LogP contribution in [0.4, 0.5) is 0 Å². The quantitative estimate of drug-likeness (QED) is 0.484. The van der Waals surface area contributed by atoms with E-state index in [9.17, 15) is 4.79 Å². The Morgan fingerprint density at radius 3 is 1.78 bits per heavy atom. The maximum Gasteiger partial charge on any atom is 0.150 e. The highest BCUT2D eigenvalue weighted by Crippen LogP contribution is 2.22. The third-order valence-electron chi connectivity index (χ3n) is 3.90. The summed E-state index contributed by atoms with van der Waals surface area (Å²) in [6.07, 6.45) is 0.914. The first-order valence-corrected chi connectivity index (χ1v) is 9.49. The van der Waals surface area contributed by atoms with Crippen LogP contribution >= 0.6 is 12.2 Å². The Morgan fingerprint density at radius 2 is 1.48 bits per heavy atom. The van der Waals surface area contributed by atoms with Gasteiger partial charge >= 0.3 is 0 Å². The number of rotatable bonds is 3. The van der Waals surface area contributed by atoms with Crippen molar-refractivity contribution in [1.29, 1.82) is 0 Å². The molecule has 3 heteroatoms. The van der Waals surface area contributed by atoms with Crippen LogP contribution < -0.4 is 5.32 Å². The van der Waals surface area contributed by atoms with E-state index in [1.807, 2.05) is 33.0 Å². The molecule has 0 saturated heterocycles. The van der Waals surface area contributed by atoms with Crippen molar-refractivity contribution in [3.05, 3.63) is 76.9 Å². The van der Waals surface area contributed by atoms with Crippen molar-refractivity contribution in [3.63, 3.8) is 0 Å². The van der Waals surface area contributed by atoms with Gasteiger partial charge in [-0.05, 0) is 44.7 Å². The smallest absolute Gasteiger partial charge is 0.150 e. The lowest BCUT2D eigenvalue weighted by Gasteiger charge is -2.10. The molecule has 2 aromatic carbocycles. The van der Waals surface area contributed by atoms with Gasteiger partial charge < -0.3 is 5.32 Å². The van der Waals surface area contributed by atoms with E-state index in [4.69, 9.17) is 0 Å². The third-order valence-corrected chi connectivity index (χ3v) is 4.10. The highest BCUT2D eigenvalue weighted by molar-refractivity contribution is 7.80. The normalized spacial score (nSPS) is 9.33. The van der Waals surface area contributed by atoms with Crippen LogP contribution in [0.1, 0.15) is 66.2 Å². The lowest BCUT2D eigenvalue weighted by molar-refractivity contribution is 0.112. The molecule has 1 N–H and O–H groups in total. The second kappa shape index (κ2) is 13.0. The topological polar surface area (TPSA) is 29.1 Å². The number of carbonyl (C=O) groups excluding carboxylic acids is 1. The van der Waals surface area contributed by atoms with Gasteiger partial charge in [0.05, 0.1) is 4.99 Å². The maximum atomic E-state index is 10.8. The highest BCUT2D eigenvalue weighted by Gasteiger charge is 2.07. The highest BCUT2D eigenvalue weighted by atomic mass is 32.1. The molecule has 0 heterocycles. The number of hydrogen-bond acceptors (Lipinski definition) is 2. The van der Waals surface area contributed by atoms with Crippen LogP contribution in [0.3, 0.4) is 0 Å². The average Bonchev–Trinajstić information content (AvgIpc) is 2.64. The first-order chi connectivity index (χ1) is 12.6. The molecule has 0 bridgehead atoms. The molecule has 2 aromatic rings. The summed E-state index contributed by atoms with van der Waals surface area (Å²) >= 11 is 4.59. The van der Waals surface area contributed by atoms with Gasteiger partial charge in [-0.2, -0.15) is 0 Å². The number of thiocarbonyl (C=S) groups is 1. The molecule has 0 spiro atoms. The number of aryl methyl sites for hydroxylation is 2. The standard InChI is InChI=1S/C13H16O.C8H10.C3H7NS/c1-9(2)11-5-6-12(8-14)13(7-11)10(3)4;1-7-3-5-8(2)6-4-7;1-3(5)4-2/h5-8,10H,1H2,2-4H3;3-6H,1-2H3;1-2H3,(H,4,5). The summed E-state index contributed by atoms with van der Waals surface area (Å²) in [5.41, 5.74) is 6.68. The van der Waals surface area contributed by atoms with E-state index in [0.29, 0.717) is 5.92 Å². The van der Waals surface area contributed by atoms with Crippen LogP contribution in [0.15, 0.2) is 49.0 Å². The summed E-state index contributed by atoms with van der Waals surface area (Å²) in [6.45, 7) is 16.1. The molecule has 146 valence electrons. The average molecular weight is 384 g/mol. The van der Waals surface area contributed by atoms with Gasteiger partial charge in [-0.25, -0.2) is 0 Å². The second-order valence-corrected chi connectivity index (χ2v) is 7.47. The zero-order chi connectivity index (χ0) is 21.0. The fourth-order valence-electron chi connectivity index (χ4n) is 2.08. The zero-order valence-electron chi connectivity index (χ0n) is 17.7. The Kier molecular flexibility index (Phi) is 11.9. The Bertz CT molecular complexity index is 724. The monoisotopic (exact) mass is 383 g/mol. The Morgan fingerprint density at radius 1 is 1.04 bits per heavy atom.